The largest absolute Gasteiger partial charge is 0.510 e. The van der Waals surface area contributed by atoms with Crippen molar-refractivity contribution >= 4 is 0 Å². The van der Waals surface area contributed by atoms with E-state index in [0.717, 1.165) is 0 Å². The van der Waals surface area contributed by atoms with E-state index in [1.807, 2.05) is 0 Å². The van der Waals surface area contributed by atoms with E-state index in [2.05, 4.69) is 6.58 Å². The van der Waals surface area contributed by atoms with Crippen LogP contribution in [-0.2, 0) is 14.2 Å². The zero-order valence-corrected chi connectivity index (χ0v) is 12.5. The number of hydrogen-bond acceptors (Lipinski definition) is 11. The van der Waals surface area contributed by atoms with Crippen molar-refractivity contribution in [1.82, 2.24) is 0 Å². The normalized spacial score (nSPS) is 49.3. The van der Waals surface area contributed by atoms with Gasteiger partial charge < -0.3 is 55.1 Å². The van der Waals surface area contributed by atoms with Crippen molar-refractivity contribution in [3.63, 3.8) is 0 Å². The van der Waals surface area contributed by atoms with Crippen molar-refractivity contribution in [3.05, 3.63) is 12.3 Å². The van der Waals surface area contributed by atoms with Crippen LogP contribution in [-0.4, -0.2) is 109 Å². The Morgan fingerprint density at radius 3 is 2.08 bits per heavy atom. The van der Waals surface area contributed by atoms with Crippen molar-refractivity contribution in [2.45, 2.75) is 54.8 Å². The molecule has 11 heteroatoms. The lowest BCUT2D eigenvalue weighted by molar-refractivity contribution is -0.380. The molecule has 11 nitrogen and oxygen atoms in total. The number of ether oxygens (including phenoxy) is 3. The highest BCUT2D eigenvalue weighted by molar-refractivity contribution is 5.03. The van der Waals surface area contributed by atoms with Crippen LogP contribution in [0.2, 0.25) is 0 Å². The summed E-state index contributed by atoms with van der Waals surface area (Å²) in [6, 6.07) is 0. The van der Waals surface area contributed by atoms with E-state index in [4.69, 9.17) is 19.3 Å². The van der Waals surface area contributed by atoms with Crippen LogP contribution >= 0.6 is 0 Å². The maximum Gasteiger partial charge on any atom is 0.224 e. The van der Waals surface area contributed by atoms with Crippen molar-refractivity contribution in [2.75, 3.05) is 13.2 Å². The maximum atomic E-state index is 10.0. The molecule has 9 atom stereocenters. The molecule has 2 heterocycles. The molecule has 0 aliphatic carbocycles. The summed E-state index contributed by atoms with van der Waals surface area (Å²) in [6.45, 7) is 1.49. The molecule has 2 rings (SSSR count). The third-order valence-electron chi connectivity index (χ3n) is 4.12. The Hall–Kier alpha value is -0.860. The molecule has 0 radical (unpaired) electrons. The monoisotopic (exact) mass is 354 g/mol. The topological polar surface area (TPSA) is 190 Å². The Labute approximate surface area is 136 Å². The number of rotatable bonds is 5. The molecule has 2 fully saturated rings. The summed E-state index contributed by atoms with van der Waals surface area (Å²) in [5.74, 6) is -2.91. The standard InChI is InChI=1S/C13H22O11/c1-4(16)10-8(19)7(18)9(20)12(22-10)24-13(3-15)11(21)6(17)5(2-14)23-13/h5-12,14-21H,1-3H2/t5?,6?,7?,8?,9?,10?,11?,12?,13-/m0/s1. The van der Waals surface area contributed by atoms with Gasteiger partial charge in [0.15, 0.2) is 6.29 Å². The summed E-state index contributed by atoms with van der Waals surface area (Å²) < 4.78 is 15.5. The molecule has 24 heavy (non-hydrogen) atoms. The van der Waals surface area contributed by atoms with Crippen LogP contribution < -0.4 is 0 Å². The molecule has 0 bridgehead atoms. The van der Waals surface area contributed by atoms with Gasteiger partial charge in [0.1, 0.15) is 55.1 Å². The minimum absolute atomic E-state index is 0.652. The Morgan fingerprint density at radius 2 is 1.62 bits per heavy atom. The summed E-state index contributed by atoms with van der Waals surface area (Å²) in [5.41, 5.74) is 0. The molecule has 0 spiro atoms. The zero-order valence-electron chi connectivity index (χ0n) is 12.5. The van der Waals surface area contributed by atoms with E-state index < -0.39 is 73.8 Å². The lowest BCUT2D eigenvalue weighted by atomic mass is 9.97. The highest BCUT2D eigenvalue weighted by Gasteiger charge is 2.58. The number of aliphatic hydroxyl groups excluding tert-OH is 8. The van der Waals surface area contributed by atoms with E-state index in [1.54, 1.807) is 0 Å². The first kappa shape index (κ1) is 19.5. The third kappa shape index (κ3) is 3.15. The molecule has 0 saturated carbocycles. The fourth-order valence-electron chi connectivity index (χ4n) is 2.69. The molecule has 8 N–H and O–H groups in total. The van der Waals surface area contributed by atoms with E-state index in [9.17, 15) is 35.7 Å². The molecule has 2 aliphatic heterocycles. The van der Waals surface area contributed by atoms with Gasteiger partial charge in [0, 0.05) is 0 Å². The van der Waals surface area contributed by atoms with Gasteiger partial charge in [0.2, 0.25) is 5.79 Å². The van der Waals surface area contributed by atoms with Crippen LogP contribution in [0.15, 0.2) is 12.3 Å². The van der Waals surface area contributed by atoms with Crippen molar-refractivity contribution in [1.29, 1.82) is 0 Å². The van der Waals surface area contributed by atoms with Crippen LogP contribution in [0.3, 0.4) is 0 Å². The predicted molar refractivity (Wildman–Crippen MR) is 73.3 cm³/mol. The molecule has 0 aromatic carbocycles. The lowest BCUT2D eigenvalue weighted by Gasteiger charge is -2.43. The van der Waals surface area contributed by atoms with Crippen molar-refractivity contribution in [2.24, 2.45) is 0 Å². The van der Waals surface area contributed by atoms with Crippen LogP contribution in [0.25, 0.3) is 0 Å². The average Bonchev–Trinajstić information content (AvgIpc) is 2.80. The fraction of sp³-hybridized carbons (Fsp3) is 0.846. The minimum Gasteiger partial charge on any atom is -0.510 e. The van der Waals surface area contributed by atoms with Gasteiger partial charge in [-0.2, -0.15) is 0 Å². The summed E-state index contributed by atoms with van der Waals surface area (Å²) in [4.78, 5) is 0. The molecule has 0 aromatic heterocycles. The summed E-state index contributed by atoms with van der Waals surface area (Å²) >= 11 is 0. The van der Waals surface area contributed by atoms with Crippen LogP contribution in [0.5, 0.6) is 0 Å². The van der Waals surface area contributed by atoms with Gasteiger partial charge in [-0.05, 0) is 0 Å². The number of aliphatic hydroxyl groups is 8. The zero-order chi connectivity index (χ0) is 18.2. The second-order valence-corrected chi connectivity index (χ2v) is 5.75. The van der Waals surface area contributed by atoms with Gasteiger partial charge in [-0.1, -0.05) is 6.58 Å². The van der Waals surface area contributed by atoms with Gasteiger partial charge >= 0.3 is 0 Å². The lowest BCUT2D eigenvalue weighted by Crippen LogP contribution is -2.62. The highest BCUT2D eigenvalue weighted by atomic mass is 16.8. The Kier molecular flexibility index (Phi) is 5.82. The third-order valence-corrected chi connectivity index (χ3v) is 4.12. The molecule has 2 aliphatic rings. The minimum atomic E-state index is -2.26. The average molecular weight is 354 g/mol. The maximum absolute atomic E-state index is 10.0. The van der Waals surface area contributed by atoms with Gasteiger partial charge in [-0.25, -0.2) is 0 Å². The molecular weight excluding hydrogens is 332 g/mol. The van der Waals surface area contributed by atoms with Crippen molar-refractivity contribution in [3.8, 4) is 0 Å². The second-order valence-electron chi connectivity index (χ2n) is 5.75. The Morgan fingerprint density at radius 1 is 1.00 bits per heavy atom. The first-order valence-corrected chi connectivity index (χ1v) is 7.19. The SMILES string of the molecule is C=C(O)C1OC(O[C@]2(CO)OC(CO)C(O)C2O)C(O)C(O)C1O. The Balaban J connectivity index is 2.22. The van der Waals surface area contributed by atoms with Crippen LogP contribution in [0.4, 0.5) is 0 Å². The van der Waals surface area contributed by atoms with Crippen LogP contribution in [0.1, 0.15) is 0 Å². The fourth-order valence-corrected chi connectivity index (χ4v) is 2.69. The van der Waals surface area contributed by atoms with Crippen molar-refractivity contribution < 1.29 is 55.1 Å². The van der Waals surface area contributed by atoms with E-state index in [1.165, 1.54) is 0 Å². The molecule has 8 unspecified atom stereocenters. The summed E-state index contributed by atoms with van der Waals surface area (Å²) in [6.07, 6.45) is -13.3. The number of hydrogen-bond donors (Lipinski definition) is 8. The molecular formula is C13H22O11. The van der Waals surface area contributed by atoms with Gasteiger partial charge in [0.25, 0.3) is 0 Å². The van der Waals surface area contributed by atoms with Gasteiger partial charge in [0.05, 0.1) is 6.61 Å². The van der Waals surface area contributed by atoms with Crippen LogP contribution in [0, 0.1) is 0 Å². The molecule has 2 saturated heterocycles. The van der Waals surface area contributed by atoms with E-state index in [0.29, 0.717) is 0 Å². The molecule has 0 aromatic rings. The highest BCUT2D eigenvalue weighted by Crippen LogP contribution is 2.36. The molecule has 0 amide bonds. The smallest absolute Gasteiger partial charge is 0.224 e. The quantitative estimate of drug-likeness (QED) is 0.223. The van der Waals surface area contributed by atoms with Gasteiger partial charge in [-0.15, -0.1) is 0 Å². The molecule has 140 valence electrons. The Bertz CT molecular complexity index is 459. The summed E-state index contributed by atoms with van der Waals surface area (Å²) in [5, 5.41) is 77.3. The summed E-state index contributed by atoms with van der Waals surface area (Å²) in [7, 11) is 0. The van der Waals surface area contributed by atoms with E-state index in [-0.39, 0.29) is 0 Å². The first-order valence-electron chi connectivity index (χ1n) is 7.19. The predicted octanol–water partition coefficient (Wildman–Crippen LogP) is -4.32. The first-order chi connectivity index (χ1) is 11.2. The van der Waals surface area contributed by atoms with E-state index >= 15 is 0 Å². The second kappa shape index (κ2) is 7.17. The van der Waals surface area contributed by atoms with Gasteiger partial charge in [-0.3, -0.25) is 0 Å².